The molecule has 0 saturated carbocycles. The van der Waals surface area contributed by atoms with Gasteiger partial charge in [-0.1, -0.05) is 6.07 Å². The van der Waals surface area contributed by atoms with E-state index in [4.69, 9.17) is 5.73 Å². The van der Waals surface area contributed by atoms with E-state index in [1.165, 1.54) is 0 Å². The molecular formula is C11H15N3. The van der Waals surface area contributed by atoms with Gasteiger partial charge < -0.3 is 5.73 Å². The molecule has 0 fully saturated rings. The number of aromatic nitrogens is 2. The summed E-state index contributed by atoms with van der Waals surface area (Å²) in [7, 11) is 0. The second kappa shape index (κ2) is 2.74. The Bertz CT molecular complexity index is 463. The summed E-state index contributed by atoms with van der Waals surface area (Å²) in [5.74, 6) is 0. The number of nitrogen functional groups attached to an aromatic ring is 1. The fourth-order valence-electron chi connectivity index (χ4n) is 1.61. The van der Waals surface area contributed by atoms with E-state index in [2.05, 4.69) is 25.9 Å². The Balaban J connectivity index is 2.76. The Labute approximate surface area is 83.5 Å². The Hall–Kier alpha value is -1.51. The van der Waals surface area contributed by atoms with Crippen LogP contribution < -0.4 is 5.73 Å². The zero-order valence-electron chi connectivity index (χ0n) is 8.78. The summed E-state index contributed by atoms with van der Waals surface area (Å²) in [6.45, 7) is 6.38. The molecule has 1 heterocycles. The molecule has 1 aromatic heterocycles. The van der Waals surface area contributed by atoms with E-state index in [1.807, 2.05) is 29.1 Å². The first-order valence-corrected chi connectivity index (χ1v) is 4.73. The van der Waals surface area contributed by atoms with E-state index in [-0.39, 0.29) is 5.54 Å². The minimum absolute atomic E-state index is 0.00442. The molecule has 0 bridgehead atoms. The summed E-state index contributed by atoms with van der Waals surface area (Å²) >= 11 is 0. The molecule has 0 saturated heterocycles. The molecule has 2 rings (SSSR count). The molecule has 3 heteroatoms. The van der Waals surface area contributed by atoms with Gasteiger partial charge in [0.25, 0.3) is 0 Å². The molecule has 2 N–H and O–H groups in total. The van der Waals surface area contributed by atoms with Crippen LogP contribution >= 0.6 is 0 Å². The highest BCUT2D eigenvalue weighted by atomic mass is 15.3. The van der Waals surface area contributed by atoms with Crippen LogP contribution in [0.15, 0.2) is 24.4 Å². The Morgan fingerprint density at radius 1 is 1.29 bits per heavy atom. The van der Waals surface area contributed by atoms with Crippen LogP contribution in [0, 0.1) is 0 Å². The van der Waals surface area contributed by atoms with E-state index in [1.54, 1.807) is 0 Å². The van der Waals surface area contributed by atoms with E-state index in [0.717, 1.165) is 16.6 Å². The van der Waals surface area contributed by atoms with Gasteiger partial charge in [0.15, 0.2) is 0 Å². The predicted octanol–water partition coefficient (Wildman–Crippen LogP) is 2.37. The SMILES string of the molecule is CC(C)(C)n1ncc2c(N)cccc21. The summed E-state index contributed by atoms with van der Waals surface area (Å²) in [5, 5.41) is 5.39. The van der Waals surface area contributed by atoms with Crippen molar-refractivity contribution in [2.24, 2.45) is 0 Å². The Morgan fingerprint density at radius 2 is 2.00 bits per heavy atom. The van der Waals surface area contributed by atoms with Crippen LogP contribution in [0.25, 0.3) is 10.9 Å². The zero-order chi connectivity index (χ0) is 10.3. The van der Waals surface area contributed by atoms with Gasteiger partial charge in [-0.15, -0.1) is 0 Å². The molecule has 14 heavy (non-hydrogen) atoms. The van der Waals surface area contributed by atoms with Gasteiger partial charge in [-0.2, -0.15) is 5.10 Å². The van der Waals surface area contributed by atoms with Crippen LogP contribution in [0.4, 0.5) is 5.69 Å². The first kappa shape index (κ1) is 9.06. The van der Waals surface area contributed by atoms with Crippen molar-refractivity contribution in [3.63, 3.8) is 0 Å². The monoisotopic (exact) mass is 189 g/mol. The van der Waals surface area contributed by atoms with E-state index >= 15 is 0 Å². The molecule has 0 atom stereocenters. The zero-order valence-corrected chi connectivity index (χ0v) is 8.78. The maximum Gasteiger partial charge on any atom is 0.0709 e. The molecule has 1 aromatic carbocycles. The van der Waals surface area contributed by atoms with Gasteiger partial charge in [0.05, 0.1) is 17.3 Å². The standard InChI is InChI=1S/C11H15N3/c1-11(2,3)14-10-6-4-5-9(12)8(10)7-13-14/h4-7H,12H2,1-3H3. The lowest BCUT2D eigenvalue weighted by Gasteiger charge is -2.20. The molecule has 0 aliphatic carbocycles. The maximum atomic E-state index is 5.86. The predicted molar refractivity (Wildman–Crippen MR) is 59.1 cm³/mol. The van der Waals surface area contributed by atoms with Gasteiger partial charge in [-0.05, 0) is 32.9 Å². The number of hydrogen-bond donors (Lipinski definition) is 1. The number of benzene rings is 1. The smallest absolute Gasteiger partial charge is 0.0709 e. The lowest BCUT2D eigenvalue weighted by Crippen LogP contribution is -2.22. The van der Waals surface area contributed by atoms with Gasteiger partial charge >= 0.3 is 0 Å². The molecule has 74 valence electrons. The molecule has 0 amide bonds. The van der Waals surface area contributed by atoms with Crippen molar-refractivity contribution in [2.75, 3.05) is 5.73 Å². The lowest BCUT2D eigenvalue weighted by atomic mass is 10.1. The number of fused-ring (bicyclic) bond motifs is 1. The second-order valence-electron chi connectivity index (χ2n) is 4.51. The summed E-state index contributed by atoms with van der Waals surface area (Å²) in [6.07, 6.45) is 1.83. The topological polar surface area (TPSA) is 43.8 Å². The van der Waals surface area contributed by atoms with Crippen LogP contribution in [-0.4, -0.2) is 9.78 Å². The van der Waals surface area contributed by atoms with Gasteiger partial charge in [0.1, 0.15) is 0 Å². The minimum atomic E-state index is -0.00442. The van der Waals surface area contributed by atoms with Crippen molar-refractivity contribution < 1.29 is 0 Å². The first-order chi connectivity index (χ1) is 6.50. The van der Waals surface area contributed by atoms with Crippen molar-refractivity contribution in [1.82, 2.24) is 9.78 Å². The molecule has 0 aliphatic heterocycles. The average molecular weight is 189 g/mol. The minimum Gasteiger partial charge on any atom is -0.398 e. The third-order valence-electron chi connectivity index (χ3n) is 2.28. The summed E-state index contributed by atoms with van der Waals surface area (Å²) in [6, 6.07) is 5.91. The van der Waals surface area contributed by atoms with Crippen LogP contribution in [-0.2, 0) is 5.54 Å². The average Bonchev–Trinajstić information content (AvgIpc) is 2.47. The van der Waals surface area contributed by atoms with Crippen molar-refractivity contribution in [3.05, 3.63) is 24.4 Å². The van der Waals surface area contributed by atoms with E-state index in [9.17, 15) is 0 Å². The quantitative estimate of drug-likeness (QED) is 0.646. The van der Waals surface area contributed by atoms with Crippen LogP contribution in [0.2, 0.25) is 0 Å². The Morgan fingerprint density at radius 3 is 2.64 bits per heavy atom. The van der Waals surface area contributed by atoms with Gasteiger partial charge in [0, 0.05) is 11.1 Å². The summed E-state index contributed by atoms with van der Waals surface area (Å²) < 4.78 is 2.00. The second-order valence-corrected chi connectivity index (χ2v) is 4.51. The summed E-state index contributed by atoms with van der Waals surface area (Å²) in [5.41, 5.74) is 7.74. The van der Waals surface area contributed by atoms with Gasteiger partial charge in [-0.3, -0.25) is 4.68 Å². The van der Waals surface area contributed by atoms with Gasteiger partial charge in [-0.25, -0.2) is 0 Å². The highest BCUT2D eigenvalue weighted by Gasteiger charge is 2.16. The molecule has 0 spiro atoms. The third-order valence-corrected chi connectivity index (χ3v) is 2.28. The first-order valence-electron chi connectivity index (χ1n) is 4.73. The van der Waals surface area contributed by atoms with Crippen molar-refractivity contribution in [1.29, 1.82) is 0 Å². The highest BCUT2D eigenvalue weighted by molar-refractivity contribution is 5.90. The third kappa shape index (κ3) is 1.25. The van der Waals surface area contributed by atoms with Crippen molar-refractivity contribution >= 4 is 16.6 Å². The van der Waals surface area contributed by atoms with Crippen LogP contribution in [0.3, 0.4) is 0 Å². The fraction of sp³-hybridized carbons (Fsp3) is 0.364. The largest absolute Gasteiger partial charge is 0.398 e. The van der Waals surface area contributed by atoms with E-state index < -0.39 is 0 Å². The molecule has 0 unspecified atom stereocenters. The molecule has 2 aromatic rings. The number of nitrogens with two attached hydrogens (primary N) is 1. The molecule has 3 nitrogen and oxygen atoms in total. The van der Waals surface area contributed by atoms with Crippen molar-refractivity contribution in [3.8, 4) is 0 Å². The Kier molecular flexibility index (Phi) is 1.77. The summed E-state index contributed by atoms with van der Waals surface area (Å²) in [4.78, 5) is 0. The number of hydrogen-bond acceptors (Lipinski definition) is 2. The number of rotatable bonds is 0. The number of anilines is 1. The normalized spacial score (nSPS) is 12.2. The van der Waals surface area contributed by atoms with Gasteiger partial charge in [0.2, 0.25) is 0 Å². The molecular weight excluding hydrogens is 174 g/mol. The van der Waals surface area contributed by atoms with Crippen molar-refractivity contribution in [2.45, 2.75) is 26.3 Å². The molecule has 0 radical (unpaired) electrons. The van der Waals surface area contributed by atoms with E-state index in [0.29, 0.717) is 0 Å². The van der Waals surface area contributed by atoms with Crippen LogP contribution in [0.5, 0.6) is 0 Å². The fourth-order valence-corrected chi connectivity index (χ4v) is 1.61. The number of nitrogens with zero attached hydrogens (tertiary/aromatic N) is 2. The lowest BCUT2D eigenvalue weighted by molar-refractivity contribution is 0.368. The molecule has 0 aliphatic rings. The maximum absolute atomic E-state index is 5.86. The van der Waals surface area contributed by atoms with Crippen LogP contribution in [0.1, 0.15) is 20.8 Å². The highest BCUT2D eigenvalue weighted by Crippen LogP contribution is 2.25.